The highest BCUT2D eigenvalue weighted by atomic mass is 32.2. The zero-order chi connectivity index (χ0) is 22.7. The highest BCUT2D eigenvalue weighted by molar-refractivity contribution is 7.99. The maximum Gasteiger partial charge on any atom is 0.234 e. The first-order valence-corrected chi connectivity index (χ1v) is 11.5. The number of nitrogens with one attached hydrogen (secondary N) is 1. The summed E-state index contributed by atoms with van der Waals surface area (Å²) in [6.07, 6.45) is 2.68. The van der Waals surface area contributed by atoms with E-state index in [9.17, 15) is 4.79 Å². The maximum absolute atomic E-state index is 12.7. The van der Waals surface area contributed by atoms with Gasteiger partial charge in [0.15, 0.2) is 5.16 Å². The number of thioether (sulfide) groups is 1. The summed E-state index contributed by atoms with van der Waals surface area (Å²) in [6.45, 7) is 6.12. The first-order chi connectivity index (χ1) is 15.4. The van der Waals surface area contributed by atoms with Crippen molar-refractivity contribution >= 4 is 23.4 Å². The second kappa shape index (κ2) is 9.44. The molecule has 4 rings (SSSR count). The molecule has 7 heteroatoms. The van der Waals surface area contributed by atoms with E-state index in [4.69, 9.17) is 0 Å². The standard InChI is InChI=1S/C25H27N5OS/c1-17-10-12-20(13-11-17)30-23(15-21-8-6-14-29(21)4)27-28-25(30)32-16-24(31)26-22-9-5-7-18(2)19(22)3/h5-14H,15-16H2,1-4H3,(H,26,31). The Kier molecular flexibility index (Phi) is 6.46. The second-order valence-electron chi connectivity index (χ2n) is 7.94. The Morgan fingerprint density at radius 2 is 1.78 bits per heavy atom. The van der Waals surface area contributed by atoms with Gasteiger partial charge in [-0.1, -0.05) is 41.6 Å². The summed E-state index contributed by atoms with van der Waals surface area (Å²) >= 11 is 1.39. The van der Waals surface area contributed by atoms with Gasteiger partial charge in [-0.25, -0.2) is 0 Å². The summed E-state index contributed by atoms with van der Waals surface area (Å²) in [4.78, 5) is 12.7. The van der Waals surface area contributed by atoms with Gasteiger partial charge < -0.3 is 9.88 Å². The normalized spacial score (nSPS) is 11.0. The molecule has 0 aliphatic heterocycles. The highest BCUT2D eigenvalue weighted by Crippen LogP contribution is 2.25. The summed E-state index contributed by atoms with van der Waals surface area (Å²) in [5.74, 6) is 1.03. The lowest BCUT2D eigenvalue weighted by molar-refractivity contribution is -0.113. The molecule has 2 heterocycles. The molecule has 2 aromatic heterocycles. The number of amides is 1. The molecular formula is C25H27N5OS. The molecule has 4 aromatic rings. The number of carbonyl (C=O) groups is 1. The fourth-order valence-electron chi connectivity index (χ4n) is 3.51. The Morgan fingerprint density at radius 3 is 2.50 bits per heavy atom. The molecule has 32 heavy (non-hydrogen) atoms. The summed E-state index contributed by atoms with van der Waals surface area (Å²) in [5.41, 5.74) is 6.41. The molecule has 0 bridgehead atoms. The molecule has 1 N–H and O–H groups in total. The zero-order valence-corrected chi connectivity index (χ0v) is 19.6. The van der Waals surface area contributed by atoms with Crippen molar-refractivity contribution in [2.75, 3.05) is 11.1 Å². The Hall–Kier alpha value is -3.32. The van der Waals surface area contributed by atoms with Crippen LogP contribution in [0.2, 0.25) is 0 Å². The fourth-order valence-corrected chi connectivity index (χ4v) is 4.28. The number of benzene rings is 2. The van der Waals surface area contributed by atoms with Crippen LogP contribution < -0.4 is 5.32 Å². The Morgan fingerprint density at radius 1 is 1.00 bits per heavy atom. The average molecular weight is 446 g/mol. The van der Waals surface area contributed by atoms with E-state index in [1.807, 2.05) is 55.9 Å². The minimum Gasteiger partial charge on any atom is -0.354 e. The van der Waals surface area contributed by atoms with Crippen LogP contribution in [-0.2, 0) is 18.3 Å². The Balaban J connectivity index is 1.56. The van der Waals surface area contributed by atoms with E-state index < -0.39 is 0 Å². The lowest BCUT2D eigenvalue weighted by Gasteiger charge is -2.12. The number of aryl methyl sites for hydroxylation is 3. The van der Waals surface area contributed by atoms with Gasteiger partial charge in [0, 0.05) is 36.7 Å². The number of anilines is 1. The van der Waals surface area contributed by atoms with Gasteiger partial charge in [-0.2, -0.15) is 0 Å². The Labute approximate surface area is 192 Å². The predicted molar refractivity (Wildman–Crippen MR) is 130 cm³/mol. The molecule has 164 valence electrons. The van der Waals surface area contributed by atoms with Gasteiger partial charge in [0.2, 0.25) is 5.91 Å². The van der Waals surface area contributed by atoms with Crippen molar-refractivity contribution in [3.8, 4) is 5.69 Å². The highest BCUT2D eigenvalue weighted by Gasteiger charge is 2.17. The van der Waals surface area contributed by atoms with Gasteiger partial charge in [0.25, 0.3) is 0 Å². The fraction of sp³-hybridized carbons (Fsp3) is 0.240. The third-order valence-electron chi connectivity index (χ3n) is 5.59. The quantitative estimate of drug-likeness (QED) is 0.413. The van der Waals surface area contributed by atoms with Crippen LogP contribution >= 0.6 is 11.8 Å². The minimum absolute atomic E-state index is 0.0638. The van der Waals surface area contributed by atoms with Crippen LogP contribution in [0, 0.1) is 20.8 Å². The van der Waals surface area contributed by atoms with Gasteiger partial charge in [0.1, 0.15) is 5.82 Å². The number of carbonyl (C=O) groups excluding carboxylic acids is 1. The molecule has 6 nitrogen and oxygen atoms in total. The lowest BCUT2D eigenvalue weighted by Crippen LogP contribution is -2.15. The summed E-state index contributed by atoms with van der Waals surface area (Å²) in [5, 5.41) is 12.6. The zero-order valence-electron chi connectivity index (χ0n) is 18.8. The van der Waals surface area contributed by atoms with E-state index in [0.29, 0.717) is 11.6 Å². The van der Waals surface area contributed by atoms with E-state index >= 15 is 0 Å². The van der Waals surface area contributed by atoms with Crippen LogP contribution in [0.15, 0.2) is 66.0 Å². The molecule has 0 fully saturated rings. The largest absolute Gasteiger partial charge is 0.354 e. The maximum atomic E-state index is 12.7. The number of nitrogens with zero attached hydrogens (tertiary/aromatic N) is 4. The van der Waals surface area contributed by atoms with Gasteiger partial charge >= 0.3 is 0 Å². The monoisotopic (exact) mass is 445 g/mol. The molecule has 0 aliphatic rings. The molecule has 0 atom stereocenters. The van der Waals surface area contributed by atoms with Gasteiger partial charge in [-0.3, -0.25) is 9.36 Å². The SMILES string of the molecule is Cc1ccc(-n2c(Cc3cccn3C)nnc2SCC(=O)Nc2cccc(C)c2C)cc1. The first kappa shape index (κ1) is 21.9. The summed E-state index contributed by atoms with van der Waals surface area (Å²) < 4.78 is 4.13. The van der Waals surface area contributed by atoms with Crippen LogP contribution in [0.3, 0.4) is 0 Å². The third kappa shape index (κ3) is 4.78. The van der Waals surface area contributed by atoms with E-state index in [1.165, 1.54) is 17.3 Å². The average Bonchev–Trinajstić information content (AvgIpc) is 3.37. The van der Waals surface area contributed by atoms with Crippen LogP contribution in [0.4, 0.5) is 5.69 Å². The van der Waals surface area contributed by atoms with Crippen LogP contribution in [-0.4, -0.2) is 31.0 Å². The number of aromatic nitrogens is 4. The molecule has 0 spiro atoms. The van der Waals surface area contributed by atoms with Gasteiger partial charge in [-0.15, -0.1) is 10.2 Å². The number of hydrogen-bond donors (Lipinski definition) is 1. The van der Waals surface area contributed by atoms with E-state index in [-0.39, 0.29) is 11.7 Å². The molecule has 0 saturated carbocycles. The first-order valence-electron chi connectivity index (χ1n) is 10.5. The summed E-state index contributed by atoms with van der Waals surface area (Å²) in [7, 11) is 2.02. The number of rotatable bonds is 7. The molecule has 0 unspecified atom stereocenters. The van der Waals surface area contributed by atoms with E-state index in [1.54, 1.807) is 0 Å². The van der Waals surface area contributed by atoms with Crippen molar-refractivity contribution in [1.29, 1.82) is 0 Å². The van der Waals surface area contributed by atoms with E-state index in [0.717, 1.165) is 34.0 Å². The van der Waals surface area contributed by atoms with Crippen LogP contribution in [0.5, 0.6) is 0 Å². The molecule has 0 radical (unpaired) electrons. The van der Waals surface area contributed by atoms with Crippen LogP contribution in [0.1, 0.15) is 28.2 Å². The molecule has 0 saturated heterocycles. The van der Waals surface area contributed by atoms with Crippen molar-refractivity contribution in [2.24, 2.45) is 7.05 Å². The summed E-state index contributed by atoms with van der Waals surface area (Å²) in [6, 6.07) is 18.3. The van der Waals surface area contributed by atoms with Crippen molar-refractivity contribution in [1.82, 2.24) is 19.3 Å². The van der Waals surface area contributed by atoms with Gasteiger partial charge in [0.05, 0.1) is 5.75 Å². The third-order valence-corrected chi connectivity index (χ3v) is 6.52. The Bertz CT molecular complexity index is 1240. The van der Waals surface area contributed by atoms with Crippen LogP contribution in [0.25, 0.3) is 5.69 Å². The molecule has 1 amide bonds. The van der Waals surface area contributed by atoms with Crippen molar-refractivity contribution < 1.29 is 4.79 Å². The minimum atomic E-state index is -0.0638. The smallest absolute Gasteiger partial charge is 0.234 e. The molecule has 2 aromatic carbocycles. The predicted octanol–water partition coefficient (Wildman–Crippen LogP) is 4.85. The van der Waals surface area contributed by atoms with E-state index in [2.05, 4.69) is 57.3 Å². The number of hydrogen-bond acceptors (Lipinski definition) is 4. The topological polar surface area (TPSA) is 64.7 Å². The van der Waals surface area contributed by atoms with Crippen molar-refractivity contribution in [2.45, 2.75) is 32.3 Å². The second-order valence-corrected chi connectivity index (χ2v) is 8.88. The molecule has 0 aliphatic carbocycles. The molecular weight excluding hydrogens is 418 g/mol. The van der Waals surface area contributed by atoms with Gasteiger partial charge in [-0.05, 0) is 62.2 Å². The van der Waals surface area contributed by atoms with Crippen molar-refractivity contribution in [3.05, 3.63) is 89.0 Å². The lowest BCUT2D eigenvalue weighted by atomic mass is 10.1. The van der Waals surface area contributed by atoms with Crippen molar-refractivity contribution in [3.63, 3.8) is 0 Å².